The van der Waals surface area contributed by atoms with Gasteiger partial charge in [0.1, 0.15) is 5.75 Å². The first-order valence-corrected chi connectivity index (χ1v) is 12.2. The number of carbonyl (C=O) groups is 1. The first kappa shape index (κ1) is 25.2. The summed E-state index contributed by atoms with van der Waals surface area (Å²) in [6.07, 6.45) is 1.78. The molecule has 2 aromatic carbocycles. The molecule has 1 aliphatic rings. The number of nitrogens with one attached hydrogen (secondary N) is 1. The predicted molar refractivity (Wildman–Crippen MR) is 137 cm³/mol. The van der Waals surface area contributed by atoms with Gasteiger partial charge in [0.15, 0.2) is 0 Å². The minimum atomic E-state index is -1.08. The summed E-state index contributed by atoms with van der Waals surface area (Å²) in [5.74, 6) is -0.162. The number of carboxylic acids is 1. The fraction of sp³-hybridized carbons (Fsp3) is 0.407. The summed E-state index contributed by atoms with van der Waals surface area (Å²) < 4.78 is 8.12. The van der Waals surface area contributed by atoms with E-state index >= 15 is 0 Å². The van der Waals surface area contributed by atoms with Gasteiger partial charge in [-0.05, 0) is 74.9 Å². The van der Waals surface area contributed by atoms with Crippen LogP contribution in [0.4, 0.5) is 11.6 Å². The molecule has 0 aliphatic heterocycles. The van der Waals surface area contributed by atoms with E-state index < -0.39 is 22.8 Å². The van der Waals surface area contributed by atoms with Crippen molar-refractivity contribution in [2.24, 2.45) is 5.41 Å². The van der Waals surface area contributed by atoms with E-state index in [1.807, 2.05) is 57.2 Å². The molecule has 1 aliphatic carbocycles. The Hall–Kier alpha value is -3.88. The smallest absolute Gasteiger partial charge is 0.354 e. The van der Waals surface area contributed by atoms with Crippen LogP contribution in [0, 0.1) is 12.3 Å². The molecule has 190 valence electrons. The zero-order valence-electron chi connectivity index (χ0n) is 21.1. The van der Waals surface area contributed by atoms with Crippen LogP contribution < -0.4 is 21.4 Å². The Morgan fingerprint density at radius 3 is 2.33 bits per heavy atom. The molecule has 0 radical (unpaired) electrons. The first-order valence-electron chi connectivity index (χ1n) is 12.2. The van der Waals surface area contributed by atoms with Crippen LogP contribution in [0.5, 0.6) is 5.75 Å². The van der Waals surface area contributed by atoms with Crippen molar-refractivity contribution < 1.29 is 14.6 Å². The normalized spacial score (nSPS) is 14.0. The molecular weight excluding hydrogens is 460 g/mol. The number of anilines is 2. The fourth-order valence-electron chi connectivity index (χ4n) is 4.10. The lowest BCUT2D eigenvalue weighted by Crippen LogP contribution is -2.45. The van der Waals surface area contributed by atoms with Crippen LogP contribution in [0.1, 0.15) is 50.3 Å². The first-order chi connectivity index (χ1) is 17.1. The van der Waals surface area contributed by atoms with Gasteiger partial charge in [-0.25, -0.2) is 14.2 Å². The monoisotopic (exact) mass is 492 g/mol. The summed E-state index contributed by atoms with van der Waals surface area (Å²) in [4.78, 5) is 42.3. The number of rotatable bonds is 10. The number of hydrogen-bond donors (Lipinski definition) is 2. The van der Waals surface area contributed by atoms with Crippen molar-refractivity contribution in [3.8, 4) is 5.75 Å². The lowest BCUT2D eigenvalue weighted by atomic mass is 10.1. The Kier molecular flexibility index (Phi) is 7.01. The molecule has 1 aromatic heterocycles. The summed E-state index contributed by atoms with van der Waals surface area (Å²) in [6.45, 7) is 7.86. The summed E-state index contributed by atoms with van der Waals surface area (Å²) in [6, 6.07) is 13.4. The van der Waals surface area contributed by atoms with Gasteiger partial charge in [-0.15, -0.1) is 0 Å². The van der Waals surface area contributed by atoms with E-state index in [1.54, 1.807) is 6.07 Å². The second-order valence-corrected chi connectivity index (χ2v) is 9.70. The number of nitrogens with zero attached hydrogens (tertiary/aromatic N) is 3. The minimum Gasteiger partial charge on any atom is -0.491 e. The molecule has 0 bridgehead atoms. The third-order valence-electron chi connectivity index (χ3n) is 6.48. The van der Waals surface area contributed by atoms with E-state index in [2.05, 4.69) is 17.2 Å². The van der Waals surface area contributed by atoms with Crippen LogP contribution >= 0.6 is 0 Å². The van der Waals surface area contributed by atoms with E-state index in [0.29, 0.717) is 18.5 Å². The standard InChI is InChI=1S/C27H32N4O5/c1-5-19-6-8-20(9-7-19)15-30-24(28-21-10-11-22(18(4)14-21)36-17(2)3)29-25(34)31(26(30)35)16-27(12-13-27)23(32)33/h6-11,14,17H,5,12-13,15-16H2,1-4H3,(H,32,33)(H,28,29,34). The zero-order valence-corrected chi connectivity index (χ0v) is 21.1. The lowest BCUT2D eigenvalue weighted by Gasteiger charge is -2.18. The van der Waals surface area contributed by atoms with Crippen LogP contribution in [-0.2, 0) is 24.3 Å². The molecule has 1 saturated carbocycles. The lowest BCUT2D eigenvalue weighted by molar-refractivity contribution is -0.144. The molecule has 3 aromatic rings. The molecule has 1 fully saturated rings. The second kappa shape index (κ2) is 10.0. The van der Waals surface area contributed by atoms with Gasteiger partial charge in [0.2, 0.25) is 5.95 Å². The number of aryl methyl sites for hydroxylation is 2. The maximum atomic E-state index is 13.5. The summed E-state index contributed by atoms with van der Waals surface area (Å²) >= 11 is 0. The average molecular weight is 493 g/mol. The number of ether oxygens (including phenoxy) is 1. The predicted octanol–water partition coefficient (Wildman–Crippen LogP) is 3.72. The third kappa shape index (κ3) is 5.35. The highest BCUT2D eigenvalue weighted by Crippen LogP contribution is 2.46. The van der Waals surface area contributed by atoms with Gasteiger partial charge in [0.05, 0.1) is 18.1 Å². The van der Waals surface area contributed by atoms with Crippen LogP contribution in [0.15, 0.2) is 52.1 Å². The summed E-state index contributed by atoms with van der Waals surface area (Å²) in [5.41, 5.74) is 1.12. The fourth-order valence-corrected chi connectivity index (χ4v) is 4.10. The Morgan fingerprint density at radius 1 is 1.11 bits per heavy atom. The van der Waals surface area contributed by atoms with E-state index in [4.69, 9.17) is 4.74 Å². The third-order valence-corrected chi connectivity index (χ3v) is 6.48. The van der Waals surface area contributed by atoms with Gasteiger partial charge >= 0.3 is 17.3 Å². The van der Waals surface area contributed by atoms with Crippen molar-refractivity contribution in [2.45, 2.75) is 66.2 Å². The zero-order chi connectivity index (χ0) is 26.0. The highest BCUT2D eigenvalue weighted by atomic mass is 16.5. The maximum Gasteiger partial charge on any atom is 0.354 e. The molecule has 0 unspecified atom stereocenters. The van der Waals surface area contributed by atoms with Crippen molar-refractivity contribution in [3.63, 3.8) is 0 Å². The minimum absolute atomic E-state index is 0.0293. The summed E-state index contributed by atoms with van der Waals surface area (Å²) in [7, 11) is 0. The Balaban J connectivity index is 1.74. The van der Waals surface area contributed by atoms with Crippen molar-refractivity contribution in [2.75, 3.05) is 5.32 Å². The molecule has 4 rings (SSSR count). The Labute approximate surface area is 209 Å². The second-order valence-electron chi connectivity index (χ2n) is 9.70. The van der Waals surface area contributed by atoms with Crippen LogP contribution in [0.2, 0.25) is 0 Å². The van der Waals surface area contributed by atoms with Gasteiger partial charge < -0.3 is 15.2 Å². The van der Waals surface area contributed by atoms with E-state index in [9.17, 15) is 19.5 Å². The van der Waals surface area contributed by atoms with Gasteiger partial charge in [-0.1, -0.05) is 31.2 Å². The molecule has 9 nitrogen and oxygen atoms in total. The SMILES string of the molecule is CCc1ccc(Cn2c(Nc3ccc(OC(C)C)c(C)c3)nc(=O)n(CC3(C(=O)O)CC3)c2=O)cc1. The van der Waals surface area contributed by atoms with Crippen LogP contribution in [0.25, 0.3) is 0 Å². The molecule has 0 spiro atoms. The topological polar surface area (TPSA) is 115 Å². The Bertz CT molecular complexity index is 1380. The Morgan fingerprint density at radius 2 is 1.78 bits per heavy atom. The van der Waals surface area contributed by atoms with Gasteiger partial charge in [-0.2, -0.15) is 4.98 Å². The van der Waals surface area contributed by atoms with Crippen molar-refractivity contribution in [1.29, 1.82) is 0 Å². The van der Waals surface area contributed by atoms with Crippen molar-refractivity contribution >= 4 is 17.6 Å². The van der Waals surface area contributed by atoms with E-state index in [0.717, 1.165) is 27.9 Å². The van der Waals surface area contributed by atoms with Gasteiger partial charge in [0, 0.05) is 12.2 Å². The van der Waals surface area contributed by atoms with Crippen molar-refractivity contribution in [1.82, 2.24) is 14.1 Å². The quantitative estimate of drug-likeness (QED) is 0.443. The van der Waals surface area contributed by atoms with Crippen molar-refractivity contribution in [3.05, 3.63) is 80.1 Å². The molecule has 0 amide bonds. The number of carboxylic acid groups (broad SMARTS) is 1. The molecule has 0 atom stereocenters. The highest BCUT2D eigenvalue weighted by Gasteiger charge is 2.51. The van der Waals surface area contributed by atoms with Gasteiger partial charge in [0.25, 0.3) is 0 Å². The van der Waals surface area contributed by atoms with Gasteiger partial charge in [-0.3, -0.25) is 9.36 Å². The number of aromatic nitrogens is 3. The molecular formula is C27H32N4O5. The average Bonchev–Trinajstić information content (AvgIpc) is 3.62. The molecule has 1 heterocycles. The molecule has 36 heavy (non-hydrogen) atoms. The molecule has 0 saturated heterocycles. The number of hydrogen-bond acceptors (Lipinski definition) is 6. The van der Waals surface area contributed by atoms with E-state index in [-0.39, 0.29) is 25.1 Å². The number of benzene rings is 2. The maximum absolute atomic E-state index is 13.5. The van der Waals surface area contributed by atoms with Crippen LogP contribution in [-0.4, -0.2) is 31.3 Å². The number of aliphatic carboxylic acids is 1. The van der Waals surface area contributed by atoms with Crippen LogP contribution in [0.3, 0.4) is 0 Å². The molecule has 2 N–H and O–H groups in total. The summed E-state index contributed by atoms with van der Waals surface area (Å²) in [5, 5.41) is 12.7. The highest BCUT2D eigenvalue weighted by molar-refractivity contribution is 5.77. The molecule has 9 heteroatoms. The van der Waals surface area contributed by atoms with E-state index in [1.165, 1.54) is 10.1 Å². The largest absolute Gasteiger partial charge is 0.491 e.